The van der Waals surface area contributed by atoms with E-state index in [4.69, 9.17) is 4.74 Å². The molecule has 1 aromatic heterocycles. The maximum Gasteiger partial charge on any atom is 0.331 e. The third-order valence-corrected chi connectivity index (χ3v) is 4.57. The highest BCUT2D eigenvalue weighted by Gasteiger charge is 2.12. The molecule has 2 N–H and O–H groups in total. The van der Waals surface area contributed by atoms with E-state index in [1.165, 1.54) is 30.3 Å². The summed E-state index contributed by atoms with van der Waals surface area (Å²) >= 11 is 0. The number of esters is 1. The topological polar surface area (TPSA) is 102 Å². The molecule has 33 heavy (non-hydrogen) atoms. The fourth-order valence-corrected chi connectivity index (χ4v) is 2.90. The molecule has 0 aliphatic heterocycles. The number of hydrazine groups is 1. The first-order chi connectivity index (χ1) is 15.7. The maximum atomic E-state index is 13.2. The van der Waals surface area contributed by atoms with Crippen LogP contribution in [-0.4, -0.2) is 34.2 Å². The van der Waals surface area contributed by atoms with Crippen molar-refractivity contribution >= 4 is 23.9 Å². The van der Waals surface area contributed by atoms with E-state index >= 15 is 0 Å². The summed E-state index contributed by atoms with van der Waals surface area (Å²) in [5.41, 5.74) is 7.07. The molecule has 10 heteroatoms. The number of carbonyl (C=O) groups excluding carboxylic acids is 3. The van der Waals surface area contributed by atoms with Crippen molar-refractivity contribution in [3.63, 3.8) is 0 Å². The second-order valence-corrected chi connectivity index (χ2v) is 6.92. The van der Waals surface area contributed by atoms with E-state index in [9.17, 15) is 23.2 Å². The van der Waals surface area contributed by atoms with E-state index in [-0.39, 0.29) is 11.4 Å². The zero-order valence-corrected chi connectivity index (χ0v) is 17.8. The van der Waals surface area contributed by atoms with Crippen molar-refractivity contribution in [2.45, 2.75) is 13.8 Å². The Bertz CT molecular complexity index is 1200. The van der Waals surface area contributed by atoms with Crippen LogP contribution in [0.5, 0.6) is 0 Å². The number of hydrogen-bond donors (Lipinski definition) is 2. The molecular formula is C23H20F2N4O4. The molecule has 0 atom stereocenters. The van der Waals surface area contributed by atoms with E-state index in [1.54, 1.807) is 30.7 Å². The summed E-state index contributed by atoms with van der Waals surface area (Å²) in [7, 11) is 0. The van der Waals surface area contributed by atoms with E-state index in [0.717, 1.165) is 23.9 Å². The highest BCUT2D eigenvalue weighted by atomic mass is 19.1. The second kappa shape index (κ2) is 10.3. The van der Waals surface area contributed by atoms with Crippen molar-refractivity contribution < 1.29 is 27.9 Å². The summed E-state index contributed by atoms with van der Waals surface area (Å²) in [5, 5.41) is 4.40. The van der Waals surface area contributed by atoms with Crippen molar-refractivity contribution in [3.8, 4) is 5.69 Å². The number of amides is 2. The second-order valence-electron chi connectivity index (χ2n) is 6.92. The number of rotatable bonds is 6. The third-order valence-electron chi connectivity index (χ3n) is 4.57. The van der Waals surface area contributed by atoms with Gasteiger partial charge in [0.15, 0.2) is 6.61 Å². The Hall–Kier alpha value is -4.34. The molecule has 0 saturated carbocycles. The monoisotopic (exact) mass is 454 g/mol. The van der Waals surface area contributed by atoms with E-state index < -0.39 is 30.2 Å². The maximum absolute atomic E-state index is 13.2. The van der Waals surface area contributed by atoms with Crippen LogP contribution in [-0.2, 0) is 14.3 Å². The molecule has 0 bridgehead atoms. The normalized spacial score (nSPS) is 10.8. The minimum Gasteiger partial charge on any atom is -0.452 e. The molecule has 1 heterocycles. The van der Waals surface area contributed by atoms with Crippen LogP contribution in [0.3, 0.4) is 0 Å². The van der Waals surface area contributed by atoms with Crippen LogP contribution in [0.25, 0.3) is 11.8 Å². The fraction of sp³-hybridized carbons (Fsp3) is 0.130. The van der Waals surface area contributed by atoms with Gasteiger partial charge in [-0.2, -0.15) is 5.10 Å². The van der Waals surface area contributed by atoms with Gasteiger partial charge in [0.2, 0.25) is 0 Å². The van der Waals surface area contributed by atoms with Gasteiger partial charge in [0.1, 0.15) is 11.6 Å². The largest absolute Gasteiger partial charge is 0.452 e. The highest BCUT2D eigenvalue weighted by molar-refractivity contribution is 5.95. The number of hydrogen-bond acceptors (Lipinski definition) is 5. The quantitative estimate of drug-likeness (QED) is 0.339. The molecule has 0 radical (unpaired) electrons. The zero-order chi connectivity index (χ0) is 24.0. The summed E-state index contributed by atoms with van der Waals surface area (Å²) in [6.45, 7) is 2.93. The molecule has 0 saturated heterocycles. The minimum atomic E-state index is -0.775. The van der Waals surface area contributed by atoms with Gasteiger partial charge in [-0.05, 0) is 68.5 Å². The first kappa shape index (κ1) is 23.3. The summed E-state index contributed by atoms with van der Waals surface area (Å²) in [5.74, 6) is -3.04. The van der Waals surface area contributed by atoms with Crippen LogP contribution in [0, 0.1) is 25.5 Å². The standard InChI is InChI=1S/C23H20F2N4O4/c1-14-20(15(2)29(28-14)19-9-7-18(25)8-10-19)11-12-22(31)33-13-21(30)26-27-23(32)16-3-5-17(24)6-4-16/h3-12H,13H2,1-2H3,(H,26,30)(H,27,32). The van der Waals surface area contributed by atoms with Crippen molar-refractivity contribution in [1.82, 2.24) is 20.6 Å². The number of aryl methyl sites for hydroxylation is 1. The Kier molecular flexibility index (Phi) is 7.29. The van der Waals surface area contributed by atoms with E-state index in [2.05, 4.69) is 16.0 Å². The molecule has 0 aliphatic rings. The molecule has 2 amide bonds. The lowest BCUT2D eigenvalue weighted by molar-refractivity contribution is -0.144. The number of aromatic nitrogens is 2. The van der Waals surface area contributed by atoms with E-state index in [1.807, 2.05) is 0 Å². The average Bonchev–Trinajstić information content (AvgIpc) is 3.08. The van der Waals surface area contributed by atoms with Crippen LogP contribution in [0.2, 0.25) is 0 Å². The van der Waals surface area contributed by atoms with Crippen LogP contribution in [0.1, 0.15) is 27.3 Å². The van der Waals surface area contributed by atoms with Gasteiger partial charge in [-0.25, -0.2) is 18.3 Å². The van der Waals surface area contributed by atoms with Crippen molar-refractivity contribution in [3.05, 3.63) is 88.8 Å². The lowest BCUT2D eigenvalue weighted by Gasteiger charge is -2.07. The predicted molar refractivity (Wildman–Crippen MR) is 115 cm³/mol. The lowest BCUT2D eigenvalue weighted by atomic mass is 10.2. The molecule has 0 unspecified atom stereocenters. The van der Waals surface area contributed by atoms with Gasteiger partial charge in [0, 0.05) is 22.9 Å². The first-order valence-corrected chi connectivity index (χ1v) is 9.76. The van der Waals surface area contributed by atoms with Crippen molar-refractivity contribution in [2.75, 3.05) is 6.61 Å². The number of benzene rings is 2. The Morgan fingerprint density at radius 1 is 0.970 bits per heavy atom. The summed E-state index contributed by atoms with van der Waals surface area (Å²) in [6, 6.07) is 10.6. The van der Waals surface area contributed by atoms with Crippen LogP contribution >= 0.6 is 0 Å². The van der Waals surface area contributed by atoms with Crippen molar-refractivity contribution in [2.24, 2.45) is 0 Å². The van der Waals surface area contributed by atoms with Gasteiger partial charge in [0.25, 0.3) is 11.8 Å². The fourth-order valence-electron chi connectivity index (χ4n) is 2.90. The highest BCUT2D eigenvalue weighted by Crippen LogP contribution is 2.19. The molecule has 170 valence electrons. The molecule has 3 rings (SSSR count). The zero-order valence-electron chi connectivity index (χ0n) is 17.8. The van der Waals surface area contributed by atoms with Crippen LogP contribution in [0.15, 0.2) is 54.6 Å². The van der Waals surface area contributed by atoms with Gasteiger partial charge in [-0.15, -0.1) is 0 Å². The molecule has 0 fully saturated rings. The van der Waals surface area contributed by atoms with Gasteiger partial charge in [-0.3, -0.25) is 20.4 Å². The average molecular weight is 454 g/mol. The van der Waals surface area contributed by atoms with Gasteiger partial charge >= 0.3 is 5.97 Å². The number of carbonyl (C=O) groups is 3. The summed E-state index contributed by atoms with van der Waals surface area (Å²) < 4.78 is 32.5. The minimum absolute atomic E-state index is 0.142. The lowest BCUT2D eigenvalue weighted by Crippen LogP contribution is -2.43. The van der Waals surface area contributed by atoms with Crippen LogP contribution < -0.4 is 10.9 Å². The van der Waals surface area contributed by atoms with Crippen molar-refractivity contribution in [1.29, 1.82) is 0 Å². The predicted octanol–water partition coefficient (Wildman–Crippen LogP) is 2.78. The molecule has 8 nitrogen and oxygen atoms in total. The number of ether oxygens (including phenoxy) is 1. The Morgan fingerprint density at radius 2 is 1.58 bits per heavy atom. The SMILES string of the molecule is Cc1nn(-c2ccc(F)cc2)c(C)c1C=CC(=O)OCC(=O)NNC(=O)c1ccc(F)cc1. The smallest absolute Gasteiger partial charge is 0.331 e. The molecule has 0 aliphatic carbocycles. The number of nitrogens with one attached hydrogen (secondary N) is 2. The molecule has 2 aromatic carbocycles. The van der Waals surface area contributed by atoms with Crippen LogP contribution in [0.4, 0.5) is 8.78 Å². The summed E-state index contributed by atoms with van der Waals surface area (Å²) in [4.78, 5) is 35.6. The van der Waals surface area contributed by atoms with Gasteiger partial charge < -0.3 is 4.74 Å². The first-order valence-electron chi connectivity index (χ1n) is 9.76. The molecule has 0 spiro atoms. The third kappa shape index (κ3) is 6.10. The van der Waals surface area contributed by atoms with Gasteiger partial charge in [-0.1, -0.05) is 0 Å². The number of nitrogens with zero attached hydrogens (tertiary/aromatic N) is 2. The Labute approximate surface area is 187 Å². The molecular weight excluding hydrogens is 434 g/mol. The Balaban J connectivity index is 1.52. The van der Waals surface area contributed by atoms with E-state index in [0.29, 0.717) is 16.9 Å². The molecule has 3 aromatic rings. The number of halogens is 2. The Morgan fingerprint density at radius 3 is 2.21 bits per heavy atom. The van der Waals surface area contributed by atoms with Gasteiger partial charge in [0.05, 0.1) is 11.4 Å². The summed E-state index contributed by atoms with van der Waals surface area (Å²) in [6.07, 6.45) is 2.66.